The van der Waals surface area contributed by atoms with E-state index in [1.807, 2.05) is 0 Å². The molecule has 1 rings (SSSR count). The van der Waals surface area contributed by atoms with Crippen molar-refractivity contribution in [3.63, 3.8) is 0 Å². The Morgan fingerprint density at radius 1 is 0.941 bits per heavy atom. The highest BCUT2D eigenvalue weighted by atomic mass is 16.9. The fourth-order valence-electron chi connectivity index (χ4n) is 1.93. The van der Waals surface area contributed by atoms with Crippen molar-refractivity contribution < 1.29 is 14.2 Å². The van der Waals surface area contributed by atoms with Crippen LogP contribution in [0.15, 0.2) is 0 Å². The standard InChI is InChI=1S/C14H28O3/c1-3-5-11-15-14(16-12-6-4-2)10-8-7-9-13-17-14/h3-13H2,1-2H3. The summed E-state index contributed by atoms with van der Waals surface area (Å²) in [4.78, 5) is 0. The minimum absolute atomic E-state index is 0.735. The summed E-state index contributed by atoms with van der Waals surface area (Å²) in [6.45, 7) is 6.58. The molecule has 102 valence electrons. The molecule has 0 aromatic rings. The Balaban J connectivity index is 2.41. The van der Waals surface area contributed by atoms with Crippen LogP contribution in [0.25, 0.3) is 0 Å². The van der Waals surface area contributed by atoms with E-state index in [4.69, 9.17) is 14.2 Å². The summed E-state index contributed by atoms with van der Waals surface area (Å²) in [6.07, 6.45) is 8.78. The third-order valence-corrected chi connectivity index (χ3v) is 3.09. The smallest absolute Gasteiger partial charge is 0.282 e. The van der Waals surface area contributed by atoms with Gasteiger partial charge >= 0.3 is 0 Å². The monoisotopic (exact) mass is 244 g/mol. The van der Waals surface area contributed by atoms with Gasteiger partial charge in [-0.25, -0.2) is 0 Å². The van der Waals surface area contributed by atoms with E-state index in [9.17, 15) is 0 Å². The number of hydrogen-bond acceptors (Lipinski definition) is 3. The molecule has 0 amide bonds. The highest BCUT2D eigenvalue weighted by Crippen LogP contribution is 2.27. The third kappa shape index (κ3) is 5.84. The van der Waals surface area contributed by atoms with Gasteiger partial charge in [0.2, 0.25) is 0 Å². The second-order valence-electron chi connectivity index (χ2n) is 4.75. The predicted molar refractivity (Wildman–Crippen MR) is 68.9 cm³/mol. The molecule has 1 heterocycles. The Labute approximate surface area is 106 Å². The molecular formula is C14H28O3. The first-order valence-electron chi connectivity index (χ1n) is 7.25. The van der Waals surface area contributed by atoms with Crippen molar-refractivity contribution >= 4 is 0 Å². The fourth-order valence-corrected chi connectivity index (χ4v) is 1.93. The second-order valence-corrected chi connectivity index (χ2v) is 4.75. The summed E-state index contributed by atoms with van der Waals surface area (Å²) in [7, 11) is 0. The minimum atomic E-state index is -0.735. The van der Waals surface area contributed by atoms with Crippen LogP contribution < -0.4 is 0 Å². The maximum atomic E-state index is 5.89. The Kier molecular flexibility index (Phi) is 7.82. The van der Waals surface area contributed by atoms with Crippen LogP contribution in [-0.4, -0.2) is 25.8 Å². The van der Waals surface area contributed by atoms with Crippen molar-refractivity contribution in [2.24, 2.45) is 0 Å². The van der Waals surface area contributed by atoms with E-state index < -0.39 is 5.97 Å². The van der Waals surface area contributed by atoms with E-state index in [-0.39, 0.29) is 0 Å². The van der Waals surface area contributed by atoms with Crippen molar-refractivity contribution in [3.05, 3.63) is 0 Å². The zero-order valence-electron chi connectivity index (χ0n) is 11.5. The zero-order chi connectivity index (χ0) is 12.4. The molecule has 0 radical (unpaired) electrons. The van der Waals surface area contributed by atoms with Gasteiger partial charge in [0.05, 0.1) is 19.8 Å². The SMILES string of the molecule is CCCCOC1(OCCCC)CCCCCO1. The molecule has 0 aromatic heterocycles. The number of rotatable bonds is 8. The van der Waals surface area contributed by atoms with Crippen molar-refractivity contribution in [3.8, 4) is 0 Å². The summed E-state index contributed by atoms with van der Waals surface area (Å²) < 4.78 is 17.6. The number of hydrogen-bond donors (Lipinski definition) is 0. The van der Waals surface area contributed by atoms with Crippen molar-refractivity contribution in [1.82, 2.24) is 0 Å². The molecule has 1 aliphatic rings. The zero-order valence-corrected chi connectivity index (χ0v) is 11.5. The third-order valence-electron chi connectivity index (χ3n) is 3.09. The molecule has 1 fully saturated rings. The van der Waals surface area contributed by atoms with Crippen LogP contribution in [0.3, 0.4) is 0 Å². The summed E-state index contributed by atoms with van der Waals surface area (Å²) in [5.74, 6) is -0.735. The van der Waals surface area contributed by atoms with Gasteiger partial charge in [-0.2, -0.15) is 0 Å². The van der Waals surface area contributed by atoms with Gasteiger partial charge in [0.25, 0.3) is 5.97 Å². The summed E-state index contributed by atoms with van der Waals surface area (Å²) in [5.41, 5.74) is 0. The molecule has 1 saturated heterocycles. The van der Waals surface area contributed by atoms with Gasteiger partial charge in [0.1, 0.15) is 0 Å². The van der Waals surface area contributed by atoms with Crippen molar-refractivity contribution in [2.75, 3.05) is 19.8 Å². The molecule has 0 aliphatic carbocycles. The van der Waals surface area contributed by atoms with Crippen LogP contribution in [0.5, 0.6) is 0 Å². The molecule has 0 aromatic carbocycles. The average Bonchev–Trinajstić information content (AvgIpc) is 2.56. The summed E-state index contributed by atoms with van der Waals surface area (Å²) >= 11 is 0. The topological polar surface area (TPSA) is 27.7 Å². The van der Waals surface area contributed by atoms with Crippen LogP contribution >= 0.6 is 0 Å². The van der Waals surface area contributed by atoms with Gasteiger partial charge < -0.3 is 14.2 Å². The normalized spacial score (nSPS) is 20.1. The van der Waals surface area contributed by atoms with Gasteiger partial charge in [-0.15, -0.1) is 0 Å². The molecule has 0 atom stereocenters. The van der Waals surface area contributed by atoms with Gasteiger partial charge in [0.15, 0.2) is 0 Å². The van der Waals surface area contributed by atoms with E-state index in [0.717, 1.165) is 64.8 Å². The Hall–Kier alpha value is -0.120. The Morgan fingerprint density at radius 2 is 1.59 bits per heavy atom. The predicted octanol–water partition coefficient (Wildman–Crippen LogP) is 3.86. The molecule has 17 heavy (non-hydrogen) atoms. The lowest BCUT2D eigenvalue weighted by Gasteiger charge is -2.32. The summed E-state index contributed by atoms with van der Waals surface area (Å²) in [6, 6.07) is 0. The lowest BCUT2D eigenvalue weighted by atomic mass is 10.2. The molecule has 0 unspecified atom stereocenters. The van der Waals surface area contributed by atoms with E-state index in [1.165, 1.54) is 6.42 Å². The average molecular weight is 244 g/mol. The molecule has 3 nitrogen and oxygen atoms in total. The molecule has 0 N–H and O–H groups in total. The quantitative estimate of drug-likeness (QED) is 0.479. The van der Waals surface area contributed by atoms with Crippen LogP contribution in [-0.2, 0) is 14.2 Å². The van der Waals surface area contributed by atoms with Crippen molar-refractivity contribution in [1.29, 1.82) is 0 Å². The maximum absolute atomic E-state index is 5.89. The maximum Gasteiger partial charge on any atom is 0.282 e. The Morgan fingerprint density at radius 3 is 2.18 bits per heavy atom. The van der Waals surface area contributed by atoms with Crippen LogP contribution in [0.1, 0.15) is 65.2 Å². The first-order valence-corrected chi connectivity index (χ1v) is 7.25. The van der Waals surface area contributed by atoms with Crippen LogP contribution in [0.2, 0.25) is 0 Å². The number of unbranched alkanes of at least 4 members (excludes halogenated alkanes) is 2. The highest BCUT2D eigenvalue weighted by molar-refractivity contribution is 4.63. The molecule has 3 heteroatoms. The van der Waals surface area contributed by atoms with E-state index in [1.54, 1.807) is 0 Å². The van der Waals surface area contributed by atoms with Crippen LogP contribution in [0, 0.1) is 0 Å². The van der Waals surface area contributed by atoms with Crippen molar-refractivity contribution in [2.45, 2.75) is 71.2 Å². The second kappa shape index (κ2) is 8.90. The molecular weight excluding hydrogens is 216 g/mol. The van der Waals surface area contributed by atoms with E-state index in [0.29, 0.717) is 0 Å². The largest absolute Gasteiger partial charge is 0.327 e. The first-order chi connectivity index (χ1) is 8.33. The number of ether oxygens (including phenoxy) is 3. The molecule has 0 saturated carbocycles. The highest BCUT2D eigenvalue weighted by Gasteiger charge is 2.34. The van der Waals surface area contributed by atoms with Gasteiger partial charge in [-0.1, -0.05) is 33.1 Å². The first kappa shape index (κ1) is 14.9. The lowest BCUT2D eigenvalue weighted by molar-refractivity contribution is -0.380. The lowest BCUT2D eigenvalue weighted by Crippen LogP contribution is -2.39. The molecule has 1 aliphatic heterocycles. The van der Waals surface area contributed by atoms with Gasteiger partial charge in [-0.05, 0) is 25.7 Å². The Bertz CT molecular complexity index is 162. The minimum Gasteiger partial charge on any atom is -0.327 e. The molecule has 0 bridgehead atoms. The van der Waals surface area contributed by atoms with Gasteiger partial charge in [-0.3, -0.25) is 0 Å². The van der Waals surface area contributed by atoms with E-state index in [2.05, 4.69) is 13.8 Å². The van der Waals surface area contributed by atoms with Crippen LogP contribution in [0.4, 0.5) is 0 Å². The van der Waals surface area contributed by atoms with E-state index >= 15 is 0 Å². The summed E-state index contributed by atoms with van der Waals surface area (Å²) in [5, 5.41) is 0. The van der Waals surface area contributed by atoms with Gasteiger partial charge in [0, 0.05) is 6.42 Å². The fraction of sp³-hybridized carbons (Fsp3) is 1.00. The molecule has 0 spiro atoms.